The van der Waals surface area contributed by atoms with E-state index in [1.54, 1.807) is 19.1 Å². The lowest BCUT2D eigenvalue weighted by molar-refractivity contribution is -0.118. The Labute approximate surface area is 107 Å². The first-order valence-corrected chi connectivity index (χ1v) is 7.37. The van der Waals surface area contributed by atoms with Crippen molar-refractivity contribution in [1.82, 2.24) is 5.32 Å². The molecule has 100 valence electrons. The third-order valence-electron chi connectivity index (χ3n) is 2.44. The van der Waals surface area contributed by atoms with E-state index in [2.05, 4.69) is 5.32 Å². The van der Waals surface area contributed by atoms with Gasteiger partial charge in [0.05, 0.1) is 4.90 Å². The summed E-state index contributed by atoms with van der Waals surface area (Å²) in [5, 5.41) is 2.54. The smallest absolute Gasteiger partial charge is 0.235 e. The number of nitrogens with two attached hydrogens (primary N) is 1. The van der Waals surface area contributed by atoms with E-state index >= 15 is 0 Å². The van der Waals surface area contributed by atoms with Gasteiger partial charge in [0, 0.05) is 12.2 Å². The first-order valence-electron chi connectivity index (χ1n) is 5.72. The summed E-state index contributed by atoms with van der Waals surface area (Å²) in [6, 6.07) is 4.65. The Morgan fingerprint density at radius 1 is 1.39 bits per heavy atom. The molecular formula is C12H18N2O3S. The van der Waals surface area contributed by atoms with Gasteiger partial charge in [-0.15, -0.1) is 0 Å². The summed E-state index contributed by atoms with van der Waals surface area (Å²) >= 11 is 0. The number of carbonyl (C=O) groups excluding carboxylic acids is 1. The molecule has 1 rings (SSSR count). The van der Waals surface area contributed by atoms with Crippen molar-refractivity contribution in [2.24, 2.45) is 0 Å². The highest BCUT2D eigenvalue weighted by Gasteiger charge is 2.21. The molecule has 5 nitrogen and oxygen atoms in total. The number of sulfone groups is 1. The van der Waals surface area contributed by atoms with Gasteiger partial charge in [0.15, 0.2) is 9.84 Å². The highest BCUT2D eigenvalue weighted by molar-refractivity contribution is 7.92. The molecule has 1 aromatic rings. The number of nitrogen functional groups attached to an aromatic ring is 1. The van der Waals surface area contributed by atoms with Crippen molar-refractivity contribution < 1.29 is 13.2 Å². The van der Waals surface area contributed by atoms with Crippen LogP contribution in [-0.4, -0.2) is 26.6 Å². The lowest BCUT2D eigenvalue weighted by Gasteiger charge is -2.08. The van der Waals surface area contributed by atoms with Crippen LogP contribution in [0.15, 0.2) is 23.1 Å². The summed E-state index contributed by atoms with van der Waals surface area (Å²) in [5.74, 6) is -1.03. The molecule has 18 heavy (non-hydrogen) atoms. The maximum absolute atomic E-state index is 12.1. The number of hydrogen-bond donors (Lipinski definition) is 2. The number of amides is 1. The quantitative estimate of drug-likeness (QED) is 0.777. The highest BCUT2D eigenvalue weighted by atomic mass is 32.2. The molecule has 0 heterocycles. The minimum atomic E-state index is -3.64. The number of anilines is 1. The van der Waals surface area contributed by atoms with Crippen LogP contribution in [0.25, 0.3) is 0 Å². The molecule has 0 fully saturated rings. The molecule has 0 spiro atoms. The fourth-order valence-electron chi connectivity index (χ4n) is 1.52. The molecule has 0 aliphatic heterocycles. The highest BCUT2D eigenvalue weighted by Crippen LogP contribution is 2.19. The van der Waals surface area contributed by atoms with Crippen molar-refractivity contribution in [3.05, 3.63) is 23.8 Å². The SMILES string of the molecule is CCCNC(=O)CS(=O)(=O)c1cc(N)ccc1C. The number of aryl methyl sites for hydroxylation is 1. The van der Waals surface area contributed by atoms with Crippen LogP contribution in [0.1, 0.15) is 18.9 Å². The van der Waals surface area contributed by atoms with Crippen LogP contribution in [0.4, 0.5) is 5.69 Å². The molecule has 0 radical (unpaired) electrons. The average Bonchev–Trinajstić information content (AvgIpc) is 2.29. The number of benzene rings is 1. The zero-order valence-corrected chi connectivity index (χ0v) is 11.4. The third-order valence-corrected chi connectivity index (χ3v) is 4.19. The summed E-state index contributed by atoms with van der Waals surface area (Å²) in [6.07, 6.45) is 0.767. The van der Waals surface area contributed by atoms with E-state index in [1.165, 1.54) is 6.07 Å². The fraction of sp³-hybridized carbons (Fsp3) is 0.417. The van der Waals surface area contributed by atoms with E-state index in [-0.39, 0.29) is 4.90 Å². The van der Waals surface area contributed by atoms with Crippen molar-refractivity contribution in [1.29, 1.82) is 0 Å². The van der Waals surface area contributed by atoms with Gasteiger partial charge < -0.3 is 11.1 Å². The Bertz CT molecular complexity index is 538. The minimum absolute atomic E-state index is 0.120. The van der Waals surface area contributed by atoms with Crippen LogP contribution in [0, 0.1) is 6.92 Å². The predicted molar refractivity (Wildman–Crippen MR) is 70.9 cm³/mol. The van der Waals surface area contributed by atoms with E-state index in [9.17, 15) is 13.2 Å². The molecule has 1 aromatic carbocycles. The van der Waals surface area contributed by atoms with Gasteiger partial charge in [0.25, 0.3) is 0 Å². The van der Waals surface area contributed by atoms with Crippen LogP contribution in [0.2, 0.25) is 0 Å². The summed E-state index contributed by atoms with van der Waals surface area (Å²) in [7, 11) is -3.64. The van der Waals surface area contributed by atoms with Crippen molar-refractivity contribution >= 4 is 21.4 Å². The molecule has 0 bridgehead atoms. The zero-order chi connectivity index (χ0) is 13.8. The maximum atomic E-state index is 12.1. The summed E-state index contributed by atoms with van der Waals surface area (Å²) in [4.78, 5) is 11.6. The molecule has 0 aliphatic rings. The molecule has 0 unspecified atom stereocenters. The summed E-state index contributed by atoms with van der Waals surface area (Å²) < 4.78 is 24.1. The second kappa shape index (κ2) is 5.86. The molecular weight excluding hydrogens is 252 g/mol. The van der Waals surface area contributed by atoms with Gasteiger partial charge >= 0.3 is 0 Å². The maximum Gasteiger partial charge on any atom is 0.235 e. The van der Waals surface area contributed by atoms with E-state index in [1.807, 2.05) is 6.92 Å². The Morgan fingerprint density at radius 3 is 2.67 bits per heavy atom. The molecule has 3 N–H and O–H groups in total. The minimum Gasteiger partial charge on any atom is -0.399 e. The van der Waals surface area contributed by atoms with E-state index in [4.69, 9.17) is 5.73 Å². The topological polar surface area (TPSA) is 89.3 Å². The predicted octanol–water partition coefficient (Wildman–Crippen LogP) is 0.877. The molecule has 0 saturated heterocycles. The Morgan fingerprint density at radius 2 is 2.06 bits per heavy atom. The molecule has 0 atom stereocenters. The lowest BCUT2D eigenvalue weighted by Crippen LogP contribution is -2.31. The molecule has 0 aliphatic carbocycles. The molecule has 0 aromatic heterocycles. The van der Waals surface area contributed by atoms with Gasteiger partial charge in [0.2, 0.25) is 5.91 Å². The van der Waals surface area contributed by atoms with Crippen LogP contribution < -0.4 is 11.1 Å². The number of nitrogens with one attached hydrogen (secondary N) is 1. The van der Waals surface area contributed by atoms with E-state index in [0.717, 1.165) is 6.42 Å². The summed E-state index contributed by atoms with van der Waals surface area (Å²) in [6.45, 7) is 4.05. The first-order chi connectivity index (χ1) is 8.36. The monoisotopic (exact) mass is 270 g/mol. The standard InChI is InChI=1S/C12H18N2O3S/c1-3-6-14-12(15)8-18(16,17)11-7-10(13)5-4-9(11)2/h4-5,7H,3,6,8,13H2,1-2H3,(H,14,15). The third kappa shape index (κ3) is 3.73. The second-order valence-corrected chi connectivity index (χ2v) is 6.09. The second-order valence-electron chi connectivity index (χ2n) is 4.13. The largest absolute Gasteiger partial charge is 0.399 e. The van der Waals surface area contributed by atoms with Gasteiger partial charge in [-0.1, -0.05) is 13.0 Å². The van der Waals surface area contributed by atoms with Gasteiger partial charge in [-0.3, -0.25) is 4.79 Å². The Hall–Kier alpha value is -1.56. The van der Waals surface area contributed by atoms with Crippen molar-refractivity contribution in [3.8, 4) is 0 Å². The Balaban J connectivity index is 2.93. The van der Waals surface area contributed by atoms with Gasteiger partial charge in [0.1, 0.15) is 5.75 Å². The van der Waals surface area contributed by atoms with Crippen molar-refractivity contribution in [2.75, 3.05) is 18.0 Å². The lowest BCUT2D eigenvalue weighted by atomic mass is 10.2. The van der Waals surface area contributed by atoms with Crippen LogP contribution in [0.5, 0.6) is 0 Å². The van der Waals surface area contributed by atoms with E-state index < -0.39 is 21.5 Å². The normalized spacial score (nSPS) is 11.2. The number of rotatable bonds is 5. The summed E-state index contributed by atoms with van der Waals surface area (Å²) in [5.41, 5.74) is 6.53. The average molecular weight is 270 g/mol. The van der Waals surface area contributed by atoms with Gasteiger partial charge in [-0.05, 0) is 31.0 Å². The Kier molecular flexibility index (Phi) is 4.72. The molecule has 1 amide bonds. The zero-order valence-electron chi connectivity index (χ0n) is 10.6. The first kappa shape index (κ1) is 14.5. The fourth-order valence-corrected chi connectivity index (χ4v) is 2.99. The van der Waals surface area contributed by atoms with Gasteiger partial charge in [-0.2, -0.15) is 0 Å². The van der Waals surface area contributed by atoms with Gasteiger partial charge in [-0.25, -0.2) is 8.42 Å². The van der Waals surface area contributed by atoms with Crippen molar-refractivity contribution in [3.63, 3.8) is 0 Å². The molecule has 6 heteroatoms. The van der Waals surface area contributed by atoms with Crippen LogP contribution >= 0.6 is 0 Å². The van der Waals surface area contributed by atoms with Crippen LogP contribution in [-0.2, 0) is 14.6 Å². The van der Waals surface area contributed by atoms with E-state index in [0.29, 0.717) is 17.8 Å². The van der Waals surface area contributed by atoms with Crippen molar-refractivity contribution in [2.45, 2.75) is 25.2 Å². The molecule has 0 saturated carbocycles. The van der Waals surface area contributed by atoms with Crippen LogP contribution in [0.3, 0.4) is 0 Å². The number of hydrogen-bond acceptors (Lipinski definition) is 4. The number of carbonyl (C=O) groups is 1.